The Morgan fingerprint density at radius 3 is 1.24 bits per heavy atom. The summed E-state index contributed by atoms with van der Waals surface area (Å²) >= 11 is 0. The first kappa shape index (κ1) is 39.6. The molecule has 0 spiro atoms. The van der Waals surface area contributed by atoms with Crippen molar-refractivity contribution in [1.82, 2.24) is 0 Å². The van der Waals surface area contributed by atoms with Crippen LogP contribution in [0.2, 0.25) is 0 Å². The Morgan fingerprint density at radius 1 is 0.429 bits per heavy atom. The van der Waals surface area contributed by atoms with Crippen LogP contribution < -0.4 is 0 Å². The lowest BCUT2D eigenvalue weighted by molar-refractivity contribution is -0.146. The van der Waals surface area contributed by atoms with Gasteiger partial charge in [0, 0.05) is 12.8 Å². The van der Waals surface area contributed by atoms with E-state index in [1.807, 2.05) is 0 Å². The predicted octanol–water partition coefficient (Wildman–Crippen LogP) is 11.8. The highest BCUT2D eigenvalue weighted by Crippen LogP contribution is 2.11. The van der Waals surface area contributed by atoms with Crippen molar-refractivity contribution < 1.29 is 23.9 Å². The lowest BCUT2D eigenvalue weighted by Gasteiger charge is -2.04. The van der Waals surface area contributed by atoms with Crippen LogP contribution in [0, 0.1) is 0 Å². The fourth-order valence-electron chi connectivity index (χ4n) is 4.54. The van der Waals surface area contributed by atoms with E-state index in [-0.39, 0.29) is 12.8 Å². The van der Waals surface area contributed by atoms with E-state index in [9.17, 15) is 14.4 Å². The molecule has 0 aromatic carbocycles. The van der Waals surface area contributed by atoms with Gasteiger partial charge in [0.15, 0.2) is 0 Å². The van der Waals surface area contributed by atoms with Crippen LogP contribution in [0.1, 0.15) is 168 Å². The van der Waals surface area contributed by atoms with Crippen LogP contribution in [0.4, 0.5) is 4.79 Å². The highest BCUT2D eigenvalue weighted by atomic mass is 16.8. The fraction of sp³-hybridized carbons (Fsp3) is 0.703. The summed E-state index contributed by atoms with van der Waals surface area (Å²) in [5, 5.41) is 0. The van der Waals surface area contributed by atoms with Crippen LogP contribution in [0.15, 0.2) is 48.6 Å². The van der Waals surface area contributed by atoms with E-state index in [1.165, 1.54) is 51.4 Å². The Kier molecular flexibility index (Phi) is 31.2. The Bertz CT molecular complexity index is 762. The average molecular weight is 587 g/mol. The molecule has 0 amide bonds. The second-order valence-electron chi connectivity index (χ2n) is 11.1. The Morgan fingerprint density at radius 2 is 0.786 bits per heavy atom. The first-order chi connectivity index (χ1) is 20.6. The van der Waals surface area contributed by atoms with E-state index < -0.39 is 18.1 Å². The predicted molar refractivity (Wildman–Crippen MR) is 176 cm³/mol. The summed E-state index contributed by atoms with van der Waals surface area (Å²) in [6, 6.07) is 0. The molecular weight excluding hydrogens is 524 g/mol. The number of esters is 2. The monoisotopic (exact) mass is 586 g/mol. The third kappa shape index (κ3) is 32.1. The zero-order valence-electron chi connectivity index (χ0n) is 27.1. The zero-order chi connectivity index (χ0) is 30.8. The zero-order valence-corrected chi connectivity index (χ0v) is 27.1. The van der Waals surface area contributed by atoms with Crippen LogP contribution in [0.3, 0.4) is 0 Å². The van der Waals surface area contributed by atoms with Gasteiger partial charge in [-0.05, 0) is 70.6 Å². The van der Waals surface area contributed by atoms with Crippen LogP contribution in [-0.2, 0) is 19.1 Å². The summed E-state index contributed by atoms with van der Waals surface area (Å²) in [5.41, 5.74) is 0. The second kappa shape index (κ2) is 33.1. The highest BCUT2D eigenvalue weighted by molar-refractivity contribution is 5.88. The number of carbonyl (C=O) groups excluding carboxylic acids is 3. The van der Waals surface area contributed by atoms with Gasteiger partial charge in [0.05, 0.1) is 0 Å². The molecule has 0 aliphatic rings. The Hall–Kier alpha value is -2.43. The quantitative estimate of drug-likeness (QED) is 0.0395. The molecule has 0 aromatic heterocycles. The summed E-state index contributed by atoms with van der Waals surface area (Å²) in [4.78, 5) is 35.3. The van der Waals surface area contributed by atoms with Crippen molar-refractivity contribution in [2.45, 2.75) is 168 Å². The number of rotatable bonds is 28. The van der Waals surface area contributed by atoms with Crippen molar-refractivity contribution in [2.24, 2.45) is 0 Å². The molecule has 0 fully saturated rings. The van der Waals surface area contributed by atoms with E-state index in [4.69, 9.17) is 0 Å². The molecule has 0 bridgehead atoms. The number of allylic oxidation sites excluding steroid dienone is 8. The maximum absolute atomic E-state index is 11.8. The summed E-state index contributed by atoms with van der Waals surface area (Å²) in [6.07, 6.45) is 41.3. The van der Waals surface area contributed by atoms with Crippen molar-refractivity contribution in [3.8, 4) is 0 Å². The smallest absolute Gasteiger partial charge is 0.360 e. The van der Waals surface area contributed by atoms with Gasteiger partial charge in [0.1, 0.15) is 0 Å². The van der Waals surface area contributed by atoms with Gasteiger partial charge in [0.2, 0.25) is 0 Å². The molecule has 0 unspecified atom stereocenters. The Labute approximate surface area is 258 Å². The first-order valence-corrected chi connectivity index (χ1v) is 17.1. The van der Waals surface area contributed by atoms with Crippen molar-refractivity contribution >= 4 is 18.1 Å². The molecule has 0 atom stereocenters. The number of unbranched alkanes of at least 4 members (excludes halogenated alkanes) is 16. The van der Waals surface area contributed by atoms with E-state index in [0.29, 0.717) is 12.8 Å². The summed E-state index contributed by atoms with van der Waals surface area (Å²) in [5.74, 6) is -1.25. The fourth-order valence-corrected chi connectivity index (χ4v) is 4.54. The molecule has 0 N–H and O–H groups in total. The van der Waals surface area contributed by atoms with Gasteiger partial charge in [0.25, 0.3) is 0 Å². The molecule has 0 rings (SSSR count). The molecule has 0 heterocycles. The summed E-state index contributed by atoms with van der Waals surface area (Å²) in [6.45, 7) is 4.39. The van der Waals surface area contributed by atoms with Gasteiger partial charge >= 0.3 is 18.1 Å². The topological polar surface area (TPSA) is 69.7 Å². The molecule has 0 aliphatic heterocycles. The first-order valence-electron chi connectivity index (χ1n) is 17.1. The van der Waals surface area contributed by atoms with Crippen molar-refractivity contribution in [1.29, 1.82) is 0 Å². The standard InChI is InChI=1S/C37H62O5/c1-3-5-7-9-11-13-15-17-19-21-23-25-27-29-31-33-35(38)41-37(40)42-36(39)34-32-30-28-26-24-22-20-18-16-14-12-10-8-6-4-2/h5,7,11,13,17-20H,3-4,6,8-10,12,14-16,21-34H2,1-2H3/b7-5-,13-11-,19-17-,20-18+. The normalized spacial score (nSPS) is 11.9. The number of carbonyl (C=O) groups is 3. The molecule has 240 valence electrons. The minimum Gasteiger partial charge on any atom is -0.360 e. The second-order valence-corrected chi connectivity index (χ2v) is 11.1. The molecular formula is C37H62O5. The van der Waals surface area contributed by atoms with E-state index >= 15 is 0 Å². The average Bonchev–Trinajstić information content (AvgIpc) is 2.97. The largest absolute Gasteiger partial charge is 0.524 e. The van der Waals surface area contributed by atoms with Gasteiger partial charge in [-0.3, -0.25) is 9.59 Å². The van der Waals surface area contributed by atoms with E-state index in [1.54, 1.807) is 0 Å². The lowest BCUT2D eigenvalue weighted by Crippen LogP contribution is -2.17. The van der Waals surface area contributed by atoms with Crippen molar-refractivity contribution in [3.05, 3.63) is 48.6 Å². The van der Waals surface area contributed by atoms with Gasteiger partial charge in [-0.15, -0.1) is 0 Å². The van der Waals surface area contributed by atoms with Gasteiger partial charge < -0.3 is 9.47 Å². The molecule has 0 saturated carbocycles. The molecule has 42 heavy (non-hydrogen) atoms. The van der Waals surface area contributed by atoms with E-state index in [0.717, 1.165) is 77.0 Å². The lowest BCUT2D eigenvalue weighted by atomic mass is 10.1. The Balaban J connectivity index is 3.53. The molecule has 5 nitrogen and oxygen atoms in total. The minimum atomic E-state index is -1.20. The van der Waals surface area contributed by atoms with Gasteiger partial charge in [-0.25, -0.2) is 4.79 Å². The number of ether oxygens (including phenoxy) is 2. The minimum absolute atomic E-state index is 0.164. The SMILES string of the molecule is CC/C=C\C/C=C\C/C=C\CCCCCCCC(=O)OC(=O)OC(=O)CCCCCCC/C=C/CCCCCCCC. The summed E-state index contributed by atoms with van der Waals surface area (Å²) < 4.78 is 9.25. The maximum atomic E-state index is 11.8. The van der Waals surface area contributed by atoms with Crippen LogP contribution in [0.25, 0.3) is 0 Å². The molecule has 0 aromatic rings. The number of hydrogen-bond donors (Lipinski definition) is 0. The van der Waals surface area contributed by atoms with E-state index in [2.05, 4.69) is 71.9 Å². The van der Waals surface area contributed by atoms with Crippen molar-refractivity contribution in [3.63, 3.8) is 0 Å². The molecule has 0 aliphatic carbocycles. The van der Waals surface area contributed by atoms with Crippen LogP contribution >= 0.6 is 0 Å². The van der Waals surface area contributed by atoms with Crippen LogP contribution in [-0.4, -0.2) is 18.1 Å². The van der Waals surface area contributed by atoms with Crippen LogP contribution in [0.5, 0.6) is 0 Å². The highest BCUT2D eigenvalue weighted by Gasteiger charge is 2.15. The molecule has 0 radical (unpaired) electrons. The third-order valence-corrected chi connectivity index (χ3v) is 7.07. The molecule has 5 heteroatoms. The van der Waals surface area contributed by atoms with Gasteiger partial charge in [-0.2, -0.15) is 0 Å². The van der Waals surface area contributed by atoms with Gasteiger partial charge in [-0.1, -0.05) is 133 Å². The maximum Gasteiger partial charge on any atom is 0.524 e. The third-order valence-electron chi connectivity index (χ3n) is 7.07. The summed E-state index contributed by atoms with van der Waals surface area (Å²) in [7, 11) is 0. The number of hydrogen-bond acceptors (Lipinski definition) is 5. The van der Waals surface area contributed by atoms with Crippen molar-refractivity contribution in [2.75, 3.05) is 0 Å². The molecule has 0 saturated heterocycles.